The number of fused-ring (bicyclic) bond motifs is 3. The fourth-order valence-corrected chi connectivity index (χ4v) is 3.07. The van der Waals surface area contributed by atoms with Crippen molar-refractivity contribution in [3.05, 3.63) is 71.3 Å². The van der Waals surface area contributed by atoms with Gasteiger partial charge in [-0.05, 0) is 46.2 Å². The molecule has 0 spiro atoms. The van der Waals surface area contributed by atoms with E-state index in [1.165, 1.54) is 33.4 Å². The molecule has 2 aliphatic rings. The van der Waals surface area contributed by atoms with Crippen molar-refractivity contribution >= 4 is 11.6 Å². The topological polar surface area (TPSA) is 0 Å². The zero-order valence-electron chi connectivity index (χ0n) is 10.2. The molecule has 0 N–H and O–H groups in total. The van der Waals surface area contributed by atoms with Crippen LogP contribution in [-0.2, 0) is 0 Å². The van der Waals surface area contributed by atoms with Gasteiger partial charge in [0.2, 0.25) is 0 Å². The van der Waals surface area contributed by atoms with Crippen molar-refractivity contribution in [2.24, 2.45) is 0 Å². The lowest BCUT2D eigenvalue weighted by molar-refractivity contribution is 1.06. The molecule has 0 radical (unpaired) electrons. The van der Waals surface area contributed by atoms with Gasteiger partial charge in [0.1, 0.15) is 0 Å². The highest BCUT2D eigenvalue weighted by Gasteiger charge is 2.24. The van der Waals surface area contributed by atoms with Crippen molar-refractivity contribution < 1.29 is 0 Å². The van der Waals surface area contributed by atoms with Gasteiger partial charge in [-0.3, -0.25) is 0 Å². The van der Waals surface area contributed by atoms with Gasteiger partial charge in [0.25, 0.3) is 0 Å². The molecule has 18 heavy (non-hydrogen) atoms. The summed E-state index contributed by atoms with van der Waals surface area (Å²) in [5, 5.41) is 0. The monoisotopic (exact) mass is 230 g/mol. The van der Waals surface area contributed by atoms with Gasteiger partial charge in [-0.25, -0.2) is 0 Å². The van der Waals surface area contributed by atoms with Crippen molar-refractivity contribution in [3.8, 4) is 11.1 Å². The number of allylic oxidation sites excluding steroid dienone is 2. The summed E-state index contributed by atoms with van der Waals surface area (Å²) in [4.78, 5) is 0. The minimum atomic E-state index is 1.13. The molecule has 86 valence electrons. The van der Waals surface area contributed by atoms with E-state index in [0.717, 1.165) is 12.8 Å². The molecule has 0 saturated heterocycles. The summed E-state index contributed by atoms with van der Waals surface area (Å²) in [7, 11) is 0. The maximum Gasteiger partial charge on any atom is -0.00297 e. The van der Waals surface area contributed by atoms with Crippen LogP contribution in [0.1, 0.15) is 29.5 Å². The third-order valence-electron chi connectivity index (χ3n) is 3.85. The summed E-state index contributed by atoms with van der Waals surface area (Å²) in [6, 6.07) is 15.4. The molecular weight excluding hydrogens is 216 g/mol. The first-order valence-corrected chi connectivity index (χ1v) is 6.55. The smallest absolute Gasteiger partial charge is 0.00297 e. The Hall–Kier alpha value is -2.08. The quantitative estimate of drug-likeness (QED) is 0.515. The van der Waals surface area contributed by atoms with Crippen LogP contribution in [0.5, 0.6) is 0 Å². The standard InChI is InChI=1S/C18H14/c1-2-7-13-8-6-12-17-15-10-5-4-9-14(15)16(11-3-1)18(13)17/h2,4-12H,1,3H2. The van der Waals surface area contributed by atoms with Crippen molar-refractivity contribution in [2.75, 3.05) is 0 Å². The molecule has 0 unspecified atom stereocenters. The van der Waals surface area contributed by atoms with E-state index in [1.54, 1.807) is 0 Å². The molecule has 0 heterocycles. The SMILES string of the molecule is C1=Cc2cccc3c2C(=CCC1)c1ccccc1-3. The Morgan fingerprint density at radius 2 is 1.56 bits per heavy atom. The summed E-state index contributed by atoms with van der Waals surface area (Å²) in [5.41, 5.74) is 8.39. The van der Waals surface area contributed by atoms with Crippen LogP contribution < -0.4 is 0 Å². The van der Waals surface area contributed by atoms with E-state index in [1.807, 2.05) is 0 Å². The summed E-state index contributed by atoms with van der Waals surface area (Å²) >= 11 is 0. The predicted octanol–water partition coefficient (Wildman–Crippen LogP) is 4.91. The molecule has 0 fully saturated rings. The maximum absolute atomic E-state index is 2.40. The number of hydrogen-bond acceptors (Lipinski definition) is 0. The molecule has 0 atom stereocenters. The highest BCUT2D eigenvalue weighted by atomic mass is 14.3. The molecule has 2 aromatic rings. The molecule has 0 bridgehead atoms. The van der Waals surface area contributed by atoms with Crippen LogP contribution in [0.3, 0.4) is 0 Å². The lowest BCUT2D eigenvalue weighted by Crippen LogP contribution is -1.88. The highest BCUT2D eigenvalue weighted by molar-refractivity contribution is 6.03. The van der Waals surface area contributed by atoms with Crippen LogP contribution in [0.4, 0.5) is 0 Å². The molecule has 0 saturated carbocycles. The number of rotatable bonds is 0. The van der Waals surface area contributed by atoms with Crippen LogP contribution in [0.25, 0.3) is 22.8 Å². The van der Waals surface area contributed by atoms with Gasteiger partial charge >= 0.3 is 0 Å². The van der Waals surface area contributed by atoms with E-state index in [9.17, 15) is 0 Å². The van der Waals surface area contributed by atoms with Gasteiger partial charge in [0.15, 0.2) is 0 Å². The van der Waals surface area contributed by atoms with Crippen LogP contribution in [0.2, 0.25) is 0 Å². The predicted molar refractivity (Wildman–Crippen MR) is 77.2 cm³/mol. The Bertz CT molecular complexity index is 687. The van der Waals surface area contributed by atoms with Crippen molar-refractivity contribution in [1.82, 2.24) is 0 Å². The summed E-state index contributed by atoms with van der Waals surface area (Å²) < 4.78 is 0. The van der Waals surface area contributed by atoms with Gasteiger partial charge in [0, 0.05) is 0 Å². The average molecular weight is 230 g/mol. The second-order valence-electron chi connectivity index (χ2n) is 4.91. The second kappa shape index (κ2) is 3.71. The third kappa shape index (κ3) is 1.26. The Morgan fingerprint density at radius 3 is 2.50 bits per heavy atom. The summed E-state index contributed by atoms with van der Waals surface area (Å²) in [6.45, 7) is 0. The van der Waals surface area contributed by atoms with Crippen LogP contribution in [0.15, 0.2) is 54.6 Å². The fraction of sp³-hybridized carbons (Fsp3) is 0.111. The van der Waals surface area contributed by atoms with Gasteiger partial charge in [0.05, 0.1) is 0 Å². The van der Waals surface area contributed by atoms with Gasteiger partial charge in [-0.1, -0.05) is 60.7 Å². The number of benzene rings is 2. The molecule has 0 amide bonds. The van der Waals surface area contributed by atoms with Crippen molar-refractivity contribution in [2.45, 2.75) is 12.8 Å². The first-order chi connectivity index (χ1) is 8.95. The molecule has 0 aromatic heterocycles. The van der Waals surface area contributed by atoms with Crippen LogP contribution in [-0.4, -0.2) is 0 Å². The van der Waals surface area contributed by atoms with Crippen molar-refractivity contribution in [1.29, 1.82) is 0 Å². The van der Waals surface area contributed by atoms with Crippen LogP contribution >= 0.6 is 0 Å². The minimum absolute atomic E-state index is 1.13. The van der Waals surface area contributed by atoms with E-state index in [0.29, 0.717) is 0 Å². The molecule has 0 heteroatoms. The first kappa shape index (κ1) is 9.90. The summed E-state index contributed by atoms with van der Waals surface area (Å²) in [6.07, 6.45) is 9.23. The molecule has 0 nitrogen and oxygen atoms in total. The average Bonchev–Trinajstić information content (AvgIpc) is 2.70. The Morgan fingerprint density at radius 1 is 0.722 bits per heavy atom. The molecule has 4 rings (SSSR count). The zero-order chi connectivity index (χ0) is 11.9. The summed E-state index contributed by atoms with van der Waals surface area (Å²) in [5.74, 6) is 0. The normalized spacial score (nSPS) is 15.4. The largest absolute Gasteiger partial charge is 0.0836 e. The third-order valence-corrected chi connectivity index (χ3v) is 3.85. The highest BCUT2D eigenvalue weighted by Crippen LogP contribution is 2.46. The minimum Gasteiger partial charge on any atom is -0.0836 e. The Balaban J connectivity index is 2.13. The van der Waals surface area contributed by atoms with E-state index < -0.39 is 0 Å². The van der Waals surface area contributed by atoms with E-state index in [-0.39, 0.29) is 0 Å². The fourth-order valence-electron chi connectivity index (χ4n) is 3.07. The van der Waals surface area contributed by atoms with E-state index in [4.69, 9.17) is 0 Å². The lowest BCUT2D eigenvalue weighted by Gasteiger charge is -2.09. The Labute approximate surface area is 107 Å². The maximum atomic E-state index is 2.40. The van der Waals surface area contributed by atoms with Gasteiger partial charge in [-0.15, -0.1) is 0 Å². The zero-order valence-corrected chi connectivity index (χ0v) is 10.2. The van der Waals surface area contributed by atoms with Gasteiger partial charge in [-0.2, -0.15) is 0 Å². The first-order valence-electron chi connectivity index (χ1n) is 6.55. The van der Waals surface area contributed by atoms with E-state index >= 15 is 0 Å². The lowest BCUT2D eigenvalue weighted by atomic mass is 9.95. The second-order valence-corrected chi connectivity index (χ2v) is 4.91. The van der Waals surface area contributed by atoms with Crippen molar-refractivity contribution in [3.63, 3.8) is 0 Å². The Kier molecular flexibility index (Phi) is 2.04. The molecule has 0 aliphatic heterocycles. The molecule has 2 aliphatic carbocycles. The number of hydrogen-bond donors (Lipinski definition) is 0. The van der Waals surface area contributed by atoms with Crippen LogP contribution in [0, 0.1) is 0 Å². The molecular formula is C18H14. The molecule has 2 aromatic carbocycles. The van der Waals surface area contributed by atoms with E-state index in [2.05, 4.69) is 60.7 Å². The van der Waals surface area contributed by atoms with Gasteiger partial charge < -0.3 is 0 Å².